The van der Waals surface area contributed by atoms with E-state index in [2.05, 4.69) is 17.4 Å². The van der Waals surface area contributed by atoms with Crippen LogP contribution in [0.15, 0.2) is 10.6 Å². The summed E-state index contributed by atoms with van der Waals surface area (Å²) in [6.45, 7) is 10.4. The van der Waals surface area contributed by atoms with Gasteiger partial charge in [0.25, 0.3) is 5.91 Å². The van der Waals surface area contributed by atoms with Crippen LogP contribution in [0.4, 0.5) is 0 Å². The second-order valence-corrected chi connectivity index (χ2v) is 9.60. The predicted molar refractivity (Wildman–Crippen MR) is 108 cm³/mol. The highest BCUT2D eigenvalue weighted by molar-refractivity contribution is 5.91. The molecule has 1 atom stereocenters. The summed E-state index contributed by atoms with van der Waals surface area (Å²) in [6, 6.07) is 1.75. The van der Waals surface area contributed by atoms with Gasteiger partial charge in [0.2, 0.25) is 11.7 Å². The number of amides is 2. The van der Waals surface area contributed by atoms with Crippen molar-refractivity contribution < 1.29 is 14.1 Å². The fourth-order valence-corrected chi connectivity index (χ4v) is 4.29. The van der Waals surface area contributed by atoms with Gasteiger partial charge >= 0.3 is 0 Å². The van der Waals surface area contributed by atoms with Gasteiger partial charge < -0.3 is 14.7 Å². The van der Waals surface area contributed by atoms with Gasteiger partial charge in [-0.1, -0.05) is 39.3 Å². The molecule has 1 N–H and O–H groups in total. The lowest BCUT2D eigenvalue weighted by Crippen LogP contribution is -2.37. The molecule has 1 aromatic heterocycles. The highest BCUT2D eigenvalue weighted by atomic mass is 16.5. The molecule has 0 radical (unpaired) electrons. The van der Waals surface area contributed by atoms with E-state index < -0.39 is 0 Å². The van der Waals surface area contributed by atoms with Gasteiger partial charge in [0.1, 0.15) is 0 Å². The Labute approximate surface area is 168 Å². The minimum absolute atomic E-state index is 0.102. The molecule has 0 unspecified atom stereocenters. The molecular weight excluding hydrogens is 354 g/mol. The van der Waals surface area contributed by atoms with E-state index in [0.29, 0.717) is 31.3 Å². The second kappa shape index (κ2) is 8.66. The molecule has 2 aliphatic rings. The van der Waals surface area contributed by atoms with Gasteiger partial charge in [0.05, 0.1) is 5.69 Å². The van der Waals surface area contributed by atoms with E-state index in [9.17, 15) is 9.59 Å². The van der Waals surface area contributed by atoms with Crippen molar-refractivity contribution in [3.05, 3.63) is 17.5 Å². The fourth-order valence-electron chi connectivity index (χ4n) is 4.29. The molecule has 2 heterocycles. The Bertz CT molecular complexity index is 683. The maximum absolute atomic E-state index is 12.7. The van der Waals surface area contributed by atoms with Gasteiger partial charge in [0, 0.05) is 37.0 Å². The molecule has 0 spiro atoms. The minimum Gasteiger partial charge on any atom is -0.356 e. The number of nitrogens with zero attached hydrogens (tertiary/aromatic N) is 2. The van der Waals surface area contributed by atoms with Crippen molar-refractivity contribution in [1.29, 1.82) is 0 Å². The summed E-state index contributed by atoms with van der Waals surface area (Å²) in [4.78, 5) is 27.0. The van der Waals surface area contributed by atoms with E-state index in [4.69, 9.17) is 4.52 Å². The third-order valence-electron chi connectivity index (χ3n) is 6.42. The van der Waals surface area contributed by atoms with E-state index in [1.165, 1.54) is 19.3 Å². The first kappa shape index (κ1) is 20.9. The number of likely N-dealkylation sites (tertiary alicyclic amines) is 1. The SMILES string of the molecule is CCC1CCC(C(=O)NC[C@H]2CCN(C(=O)c3cc(C(C)(C)C)no3)C2)CC1. The van der Waals surface area contributed by atoms with Gasteiger partial charge in [-0.05, 0) is 43.9 Å². The molecule has 2 fully saturated rings. The van der Waals surface area contributed by atoms with Crippen LogP contribution < -0.4 is 5.32 Å². The summed E-state index contributed by atoms with van der Waals surface area (Å²) in [6.07, 6.45) is 6.52. The Balaban J connectivity index is 1.44. The molecule has 6 nitrogen and oxygen atoms in total. The average Bonchev–Trinajstić information content (AvgIpc) is 3.35. The molecule has 28 heavy (non-hydrogen) atoms. The first-order valence-corrected chi connectivity index (χ1v) is 10.8. The maximum atomic E-state index is 12.7. The summed E-state index contributed by atoms with van der Waals surface area (Å²) in [5, 5.41) is 7.18. The van der Waals surface area contributed by atoms with E-state index in [0.717, 1.165) is 30.9 Å². The number of carbonyl (C=O) groups excluding carboxylic acids is 2. The zero-order valence-corrected chi connectivity index (χ0v) is 17.8. The second-order valence-electron chi connectivity index (χ2n) is 9.60. The summed E-state index contributed by atoms with van der Waals surface area (Å²) in [5.74, 6) is 1.69. The minimum atomic E-state index is -0.143. The van der Waals surface area contributed by atoms with Gasteiger partial charge in [-0.15, -0.1) is 0 Å². The monoisotopic (exact) mass is 389 g/mol. The van der Waals surface area contributed by atoms with Gasteiger partial charge in [-0.2, -0.15) is 0 Å². The van der Waals surface area contributed by atoms with E-state index in [1.54, 1.807) is 6.07 Å². The highest BCUT2D eigenvalue weighted by Crippen LogP contribution is 2.31. The summed E-state index contributed by atoms with van der Waals surface area (Å²) in [5.41, 5.74) is 0.646. The van der Waals surface area contributed by atoms with Crippen LogP contribution in [0.1, 0.15) is 82.5 Å². The van der Waals surface area contributed by atoms with Crippen molar-refractivity contribution in [2.24, 2.45) is 17.8 Å². The van der Waals surface area contributed by atoms with Crippen LogP contribution in [0.3, 0.4) is 0 Å². The van der Waals surface area contributed by atoms with Crippen molar-refractivity contribution in [2.45, 2.75) is 71.6 Å². The van der Waals surface area contributed by atoms with E-state index in [-0.39, 0.29) is 23.1 Å². The molecule has 3 rings (SSSR count). The standard InChI is InChI=1S/C22H35N3O3/c1-5-15-6-8-17(9-7-15)20(26)23-13-16-10-11-25(14-16)21(27)18-12-19(24-28-18)22(2,3)4/h12,15-17H,5-11,13-14H2,1-4H3,(H,23,26)/t15?,16-,17?/m1/s1. The zero-order valence-electron chi connectivity index (χ0n) is 17.8. The van der Waals surface area contributed by atoms with Crippen LogP contribution in [0.5, 0.6) is 0 Å². The first-order chi connectivity index (χ1) is 13.3. The van der Waals surface area contributed by atoms with Crippen molar-refractivity contribution in [1.82, 2.24) is 15.4 Å². The van der Waals surface area contributed by atoms with Crippen LogP contribution in [0.25, 0.3) is 0 Å². The third-order valence-corrected chi connectivity index (χ3v) is 6.42. The molecule has 6 heteroatoms. The Morgan fingerprint density at radius 2 is 1.89 bits per heavy atom. The molecule has 1 aromatic rings. The Hall–Kier alpha value is -1.85. The maximum Gasteiger partial charge on any atom is 0.292 e. The summed E-state index contributed by atoms with van der Waals surface area (Å²) >= 11 is 0. The Kier molecular flexibility index (Phi) is 6.46. The van der Waals surface area contributed by atoms with Crippen LogP contribution in [-0.2, 0) is 10.2 Å². The van der Waals surface area contributed by atoms with Crippen LogP contribution >= 0.6 is 0 Å². The molecule has 1 saturated carbocycles. The molecule has 0 bridgehead atoms. The van der Waals surface area contributed by atoms with Crippen molar-refractivity contribution in [2.75, 3.05) is 19.6 Å². The quantitative estimate of drug-likeness (QED) is 0.832. The van der Waals surface area contributed by atoms with Crippen molar-refractivity contribution in [3.8, 4) is 0 Å². The Morgan fingerprint density at radius 3 is 2.50 bits per heavy atom. The number of hydrogen-bond acceptors (Lipinski definition) is 4. The number of hydrogen-bond donors (Lipinski definition) is 1. The topological polar surface area (TPSA) is 75.4 Å². The smallest absolute Gasteiger partial charge is 0.292 e. The molecule has 156 valence electrons. The lowest BCUT2D eigenvalue weighted by Gasteiger charge is -2.27. The zero-order chi connectivity index (χ0) is 20.3. The van der Waals surface area contributed by atoms with Gasteiger partial charge in [0.15, 0.2) is 0 Å². The molecule has 2 amide bonds. The fraction of sp³-hybridized carbons (Fsp3) is 0.773. The molecule has 1 aliphatic heterocycles. The summed E-state index contributed by atoms with van der Waals surface area (Å²) in [7, 11) is 0. The number of aromatic nitrogens is 1. The number of carbonyl (C=O) groups is 2. The molecule has 0 aromatic carbocycles. The molecular formula is C22H35N3O3. The first-order valence-electron chi connectivity index (χ1n) is 10.8. The van der Waals surface area contributed by atoms with Crippen LogP contribution in [0.2, 0.25) is 0 Å². The Morgan fingerprint density at radius 1 is 1.18 bits per heavy atom. The predicted octanol–water partition coefficient (Wildman–Crippen LogP) is 3.77. The van der Waals surface area contributed by atoms with Crippen molar-refractivity contribution in [3.63, 3.8) is 0 Å². The third kappa shape index (κ3) is 4.95. The number of rotatable bonds is 5. The van der Waals surface area contributed by atoms with E-state index >= 15 is 0 Å². The molecule has 1 aliphatic carbocycles. The largest absolute Gasteiger partial charge is 0.356 e. The van der Waals surface area contributed by atoms with Crippen molar-refractivity contribution >= 4 is 11.8 Å². The lowest BCUT2D eigenvalue weighted by atomic mass is 9.80. The van der Waals surface area contributed by atoms with Gasteiger partial charge in [-0.3, -0.25) is 9.59 Å². The van der Waals surface area contributed by atoms with Crippen LogP contribution in [0, 0.1) is 17.8 Å². The highest BCUT2D eigenvalue weighted by Gasteiger charge is 2.31. The van der Waals surface area contributed by atoms with E-state index in [1.807, 2.05) is 25.7 Å². The molecule has 1 saturated heterocycles. The summed E-state index contributed by atoms with van der Waals surface area (Å²) < 4.78 is 5.29. The number of nitrogens with one attached hydrogen (secondary N) is 1. The normalized spacial score (nSPS) is 25.7. The lowest BCUT2D eigenvalue weighted by molar-refractivity contribution is -0.126. The van der Waals surface area contributed by atoms with Crippen LogP contribution in [-0.4, -0.2) is 41.5 Å². The van der Waals surface area contributed by atoms with Gasteiger partial charge in [-0.25, -0.2) is 0 Å². The average molecular weight is 390 g/mol.